The molecule has 1 saturated heterocycles. The largest absolute Gasteiger partial charge is 0.680 e. The van der Waals surface area contributed by atoms with Crippen LogP contribution in [0.15, 0.2) is 55.9 Å². The van der Waals surface area contributed by atoms with Crippen molar-refractivity contribution in [2.45, 2.75) is 135 Å². The first-order valence-corrected chi connectivity index (χ1v) is 20.7. The zero-order chi connectivity index (χ0) is 47.9. The smallest absolute Gasteiger partial charge is 0.0495 e. The second-order valence-electron chi connectivity index (χ2n) is 18.3. The van der Waals surface area contributed by atoms with Crippen molar-refractivity contribution in [3.8, 4) is 0 Å². The Kier molecular flexibility index (Phi) is 15.1. The van der Waals surface area contributed by atoms with Crippen molar-refractivity contribution in [1.82, 2.24) is 0 Å². The van der Waals surface area contributed by atoms with Crippen molar-refractivity contribution in [3.63, 3.8) is 0 Å². The van der Waals surface area contributed by atoms with Crippen molar-refractivity contribution < 1.29 is 96.0 Å². The van der Waals surface area contributed by atoms with E-state index >= 15 is 0 Å². The number of allylic oxidation sites excluding steroid dienone is 5. The van der Waals surface area contributed by atoms with Crippen LogP contribution in [0, 0.1) is 28.1 Å². The van der Waals surface area contributed by atoms with Gasteiger partial charge in [0.25, 0.3) is 0 Å². The van der Waals surface area contributed by atoms with E-state index < -0.39 is 144 Å². The van der Waals surface area contributed by atoms with Crippen molar-refractivity contribution in [2.75, 3.05) is 0 Å². The summed E-state index contributed by atoms with van der Waals surface area (Å²) >= 11 is 0. The van der Waals surface area contributed by atoms with Gasteiger partial charge in [-0.05, 0) is 100 Å². The zero-order valence-electron chi connectivity index (χ0n) is 36.2. The summed E-state index contributed by atoms with van der Waals surface area (Å²) in [7, 11) is 0. The van der Waals surface area contributed by atoms with Gasteiger partial charge >= 0.3 is 0 Å². The molecule has 65 heavy (non-hydrogen) atoms. The molecule has 0 aliphatic carbocycles. The van der Waals surface area contributed by atoms with Crippen LogP contribution in [-0.2, 0) is 55.1 Å². The molecule has 357 valence electrons. The number of carboxylic acids is 8. The molecule has 0 saturated carbocycles. The molecule has 1 radical (unpaired) electrons. The SMILES string of the molecule is CC12CC3=C(CCC(=O)[O-])[C@](C)(CC(=O)[O-])C(=N3)/C=C3\[N-][C@@](C)([C@@H]4N=C(/C=C(\[N-]1)C(CCC(=O)[O-])=C2CC(=O)[O-])[C@](C)(CCC(=O)[O-])[C@H]4CC(=O)[O-])[C@@](C)(CC(=O)[O-])[C@@H]3CCC(=O)[O-].[Co]. The van der Waals surface area contributed by atoms with Crippen LogP contribution in [0.25, 0.3) is 10.6 Å². The average molecular weight is 946 g/mol. The Labute approximate surface area is 384 Å². The van der Waals surface area contributed by atoms with E-state index in [0.29, 0.717) is 0 Å². The summed E-state index contributed by atoms with van der Waals surface area (Å²) in [6.07, 6.45) is -5.05. The number of rotatable bonds is 20. The van der Waals surface area contributed by atoms with Gasteiger partial charge in [0.15, 0.2) is 0 Å². The monoisotopic (exact) mass is 945 g/mol. The Morgan fingerprint density at radius 2 is 1.25 bits per heavy atom. The molecule has 5 heterocycles. The molecule has 21 heteroatoms. The van der Waals surface area contributed by atoms with Gasteiger partial charge in [-0.2, -0.15) is 5.70 Å². The fourth-order valence-corrected chi connectivity index (χ4v) is 10.8. The third kappa shape index (κ3) is 10.0. The first kappa shape index (κ1) is 51.8. The van der Waals surface area contributed by atoms with E-state index in [9.17, 15) is 79.2 Å². The maximum atomic E-state index is 12.8. The van der Waals surface area contributed by atoms with Crippen LogP contribution in [0.5, 0.6) is 0 Å². The molecule has 5 aliphatic heterocycles. The number of aliphatic imine (C=N–C) groups is 2. The van der Waals surface area contributed by atoms with Crippen molar-refractivity contribution in [1.29, 1.82) is 0 Å². The van der Waals surface area contributed by atoms with Crippen molar-refractivity contribution in [3.05, 3.63) is 56.6 Å². The quantitative estimate of drug-likeness (QED) is 0.111. The number of fused-ring (bicyclic) bond motifs is 7. The Morgan fingerprint density at radius 1 is 0.662 bits per heavy atom. The Bertz CT molecular complexity index is 2280. The molecule has 0 spiro atoms. The summed E-state index contributed by atoms with van der Waals surface area (Å²) in [4.78, 5) is 108. The van der Waals surface area contributed by atoms with Gasteiger partial charge < -0.3 is 89.8 Å². The van der Waals surface area contributed by atoms with Gasteiger partial charge in [0.2, 0.25) is 0 Å². The second kappa shape index (κ2) is 18.9. The number of hydrogen-bond acceptors (Lipinski definition) is 18. The molecule has 8 bridgehead atoms. The van der Waals surface area contributed by atoms with E-state index in [1.807, 2.05) is 0 Å². The predicted octanol–water partition coefficient (Wildman–Crippen LogP) is -4.79. The number of nitrogens with zero attached hydrogens (tertiary/aromatic N) is 4. The van der Waals surface area contributed by atoms with Gasteiger partial charge in [0.05, 0.1) is 0 Å². The van der Waals surface area contributed by atoms with Gasteiger partial charge in [-0.15, -0.1) is 5.70 Å². The molecular formula is C44H46CoN4O16-10. The van der Waals surface area contributed by atoms with Gasteiger partial charge in [-0.25, -0.2) is 0 Å². The first-order chi connectivity index (χ1) is 29.6. The van der Waals surface area contributed by atoms with Crippen LogP contribution in [0.1, 0.15) is 118 Å². The van der Waals surface area contributed by atoms with Crippen LogP contribution >= 0.6 is 0 Å². The summed E-state index contributed by atoms with van der Waals surface area (Å²) in [5.41, 5.74) is -8.46. The predicted molar refractivity (Wildman–Crippen MR) is 204 cm³/mol. The maximum Gasteiger partial charge on any atom is 0.0495 e. The van der Waals surface area contributed by atoms with E-state index in [1.165, 1.54) is 46.8 Å². The third-order valence-corrected chi connectivity index (χ3v) is 14.2. The molecule has 1 fully saturated rings. The minimum absolute atomic E-state index is 0. The molecule has 1 unspecified atom stereocenters. The second-order valence-corrected chi connectivity index (χ2v) is 18.3. The van der Waals surface area contributed by atoms with Crippen LogP contribution in [0.3, 0.4) is 0 Å². The molecule has 5 aliphatic rings. The molecule has 8 atom stereocenters. The van der Waals surface area contributed by atoms with Crippen LogP contribution in [0.4, 0.5) is 0 Å². The van der Waals surface area contributed by atoms with E-state index in [1.54, 1.807) is 0 Å². The fraction of sp³-hybridized carbons (Fsp3) is 0.591. The zero-order valence-corrected chi connectivity index (χ0v) is 37.3. The molecule has 0 aromatic carbocycles. The molecule has 0 aromatic heterocycles. The number of carbonyl (C=O) groups is 8. The van der Waals surface area contributed by atoms with E-state index in [-0.39, 0.29) is 94.1 Å². The molecular weight excluding hydrogens is 899 g/mol. The number of hydrogen-bond donors (Lipinski definition) is 0. The van der Waals surface area contributed by atoms with Gasteiger partial charge in [0.1, 0.15) is 0 Å². The fourth-order valence-electron chi connectivity index (χ4n) is 10.8. The Morgan fingerprint density at radius 3 is 1.78 bits per heavy atom. The normalized spacial score (nSPS) is 32.8. The minimum atomic E-state index is -1.86. The van der Waals surface area contributed by atoms with Crippen LogP contribution in [0.2, 0.25) is 0 Å². The summed E-state index contributed by atoms with van der Waals surface area (Å²) < 4.78 is 0. The summed E-state index contributed by atoms with van der Waals surface area (Å²) in [6.45, 7) is 7.36. The number of carbonyl (C=O) groups excluding carboxylic acids is 8. The van der Waals surface area contributed by atoms with Crippen LogP contribution < -0.4 is 40.9 Å². The summed E-state index contributed by atoms with van der Waals surface area (Å²) in [5, 5.41) is 109. The van der Waals surface area contributed by atoms with E-state index in [4.69, 9.17) is 20.6 Å². The van der Waals surface area contributed by atoms with Crippen molar-refractivity contribution >= 4 is 59.2 Å². The Hall–Kier alpha value is -5.83. The van der Waals surface area contributed by atoms with Crippen molar-refractivity contribution in [2.24, 2.45) is 38.1 Å². The molecule has 0 amide bonds. The molecule has 5 rings (SSSR count). The van der Waals surface area contributed by atoms with Gasteiger partial charge in [-0.3, -0.25) is 9.98 Å². The maximum absolute atomic E-state index is 12.8. The van der Waals surface area contributed by atoms with E-state index in [2.05, 4.69) is 0 Å². The van der Waals surface area contributed by atoms with E-state index in [0.717, 1.165) is 0 Å². The Balaban J connectivity index is 0.00000925. The number of carboxylic acid groups (broad SMARTS) is 8. The average Bonchev–Trinajstić information content (AvgIpc) is 3.72. The standard InChI is InChI=1S/C44H56N4O16.Co/c1-40(13-12-34(55)56)25(15-36(59)60)39-44(5)42(3,20-38(63)64)23(8-11-33(53)54)27(48-44)17-30-41(2,19-37(61)62)22(7-10-32(51)52)28(45-30)18-43(4)24(14-35(57)58)21(6-9-31(49)50)26(47-43)16-29(40)46-39;/h16-17,23,25,39H,6-15,18-20H2,1-5H3,(H10,45,46,47,48,49,50,51,52,53,54,55,56,57,58,59,60,61,62,63,64);/p-10/t23-,25+,39-,40-,41+,42+,43?,44+;/m1./s1. The third-order valence-electron chi connectivity index (χ3n) is 14.2. The molecule has 0 N–H and O–H groups in total. The van der Waals surface area contributed by atoms with Gasteiger partial charge in [-0.1, -0.05) is 62.1 Å². The van der Waals surface area contributed by atoms with Gasteiger partial charge in [0, 0.05) is 111 Å². The minimum Gasteiger partial charge on any atom is -0.680 e. The number of aliphatic carboxylic acids is 8. The van der Waals surface area contributed by atoms with Crippen LogP contribution in [-0.4, -0.2) is 76.3 Å². The summed E-state index contributed by atoms with van der Waals surface area (Å²) in [5.74, 6) is -15.0. The molecule has 20 nitrogen and oxygen atoms in total. The topological polar surface area (TPSA) is 374 Å². The molecule has 0 aromatic rings. The summed E-state index contributed by atoms with van der Waals surface area (Å²) in [6, 6.07) is -1.40. The first-order valence-electron chi connectivity index (χ1n) is 20.7.